The zero-order valence-electron chi connectivity index (χ0n) is 58.4. The molecule has 14 N–H and O–H groups in total. The molecule has 0 aliphatic rings. The number of Topliss-reactive ketones (excluding diaryl/α,β-unsaturated/α-hetero) is 1. The Labute approximate surface area is 640 Å². The summed E-state index contributed by atoms with van der Waals surface area (Å²) in [4.78, 5) is 115. The van der Waals surface area contributed by atoms with Crippen molar-refractivity contribution in [3.8, 4) is 68.0 Å². The summed E-state index contributed by atoms with van der Waals surface area (Å²) in [5.41, 5.74) is 14.4. The summed E-state index contributed by atoms with van der Waals surface area (Å²) in [6.45, 7) is 10.7. The first-order chi connectivity index (χ1) is 48.6. The van der Waals surface area contributed by atoms with E-state index in [0.29, 0.717) is 111 Å². The first kappa shape index (κ1) is 88.9. The molecule has 26 nitrogen and oxygen atoms in total. The Morgan fingerprint density at radius 2 is 0.865 bits per heavy atom. The Kier molecular flexibility index (Phi) is 39.0. The molecule has 0 atom stereocenters. The number of aromatic amines is 2. The van der Waals surface area contributed by atoms with E-state index in [0.717, 1.165) is 23.8 Å². The number of aldehydes is 1. The van der Waals surface area contributed by atoms with Crippen molar-refractivity contribution in [2.75, 3.05) is 47.6 Å². The number of aryl methyl sites for hydroxylation is 4. The number of aromatic carboxylic acids is 3. The third-order valence-corrected chi connectivity index (χ3v) is 14.2. The number of phenolic OH excluding ortho intramolecular Hbond substituents is 4. The molecule has 1 amide bonds. The Bertz CT molecular complexity index is 4720. The number of rotatable bonds is 18. The van der Waals surface area contributed by atoms with Crippen LogP contribution in [0.25, 0.3) is 51.1 Å². The van der Waals surface area contributed by atoms with Gasteiger partial charge in [-0.3, -0.25) is 19.2 Å². The van der Waals surface area contributed by atoms with Crippen LogP contribution in [0.5, 0.6) is 23.0 Å². The number of aromatic nitrogens is 4. The van der Waals surface area contributed by atoms with E-state index in [1.54, 1.807) is 175 Å². The Hall–Kier alpha value is -11.2. The van der Waals surface area contributed by atoms with Crippen LogP contribution >= 0.6 is 0 Å². The summed E-state index contributed by atoms with van der Waals surface area (Å²) in [5.74, 6) is -2.75. The van der Waals surface area contributed by atoms with Crippen molar-refractivity contribution in [3.63, 3.8) is 0 Å². The molecule has 2 heterocycles. The number of amides is 1. The van der Waals surface area contributed by atoms with E-state index in [9.17, 15) is 58.5 Å². The molecule has 0 radical (unpaired) electrons. The SMILES string of the molecule is CC(=O)c1ccc(O)c(C)c1.CO.COCCN.COCCNC(=O)c1cccc(-c2cc(-c3ccc(O)c(C)c3)[nH]c(=O)n2)c1.Cc1cc(-c2cc(-c3cccc(C(=O)O)c3)nc(=O)[nH]2)ccc1O.Cc1cc(C(=O)/C=C/c2cccc(C(=O)O)c2)ccc1O.O=Cc1cccc(C(=O)O)c1.[K+].[OH-]. The van der Waals surface area contributed by atoms with Gasteiger partial charge in [0, 0.05) is 67.8 Å². The largest absolute Gasteiger partial charge is 1.00 e. The molecular formula is C77H79KN6O20. The van der Waals surface area contributed by atoms with Crippen LogP contribution in [-0.2, 0) is 9.47 Å². The molecule has 0 spiro atoms. The number of benzene rings is 8. The monoisotopic (exact) mass is 1450 g/mol. The van der Waals surface area contributed by atoms with Crippen LogP contribution in [0, 0.1) is 27.7 Å². The van der Waals surface area contributed by atoms with Gasteiger partial charge in [-0.15, -0.1) is 0 Å². The van der Waals surface area contributed by atoms with Gasteiger partial charge in [-0.05, 0) is 213 Å². The van der Waals surface area contributed by atoms with Gasteiger partial charge in [-0.1, -0.05) is 54.6 Å². The Morgan fingerprint density at radius 1 is 0.481 bits per heavy atom. The molecule has 0 unspecified atom stereocenters. The number of carboxylic acids is 3. The number of hydrogen-bond donors (Lipinski definition) is 12. The number of aliphatic hydroxyl groups excluding tert-OH is 1. The average Bonchev–Trinajstić information content (AvgIpc) is 0.814. The molecular weight excluding hydrogens is 1370 g/mol. The summed E-state index contributed by atoms with van der Waals surface area (Å²) >= 11 is 0. The third-order valence-electron chi connectivity index (χ3n) is 14.2. The molecule has 538 valence electrons. The quantitative estimate of drug-likeness (QED) is 0.0128. The minimum absolute atomic E-state index is 0. The number of nitrogens with one attached hydrogen (secondary N) is 3. The van der Waals surface area contributed by atoms with Crippen molar-refractivity contribution in [2.24, 2.45) is 5.73 Å². The topological polar surface area (TPSA) is 459 Å². The van der Waals surface area contributed by atoms with Gasteiger partial charge in [0.15, 0.2) is 11.6 Å². The van der Waals surface area contributed by atoms with Gasteiger partial charge in [0.2, 0.25) is 0 Å². The van der Waals surface area contributed by atoms with Crippen molar-refractivity contribution in [1.82, 2.24) is 25.3 Å². The van der Waals surface area contributed by atoms with Crippen molar-refractivity contribution < 1.29 is 141 Å². The van der Waals surface area contributed by atoms with Gasteiger partial charge in [0.25, 0.3) is 5.91 Å². The van der Waals surface area contributed by atoms with Crippen LogP contribution in [0.15, 0.2) is 198 Å². The third kappa shape index (κ3) is 29.0. The second kappa shape index (κ2) is 45.6. The summed E-state index contributed by atoms with van der Waals surface area (Å²) < 4.78 is 9.49. The second-order valence-electron chi connectivity index (χ2n) is 21.7. The zero-order valence-corrected chi connectivity index (χ0v) is 61.5. The van der Waals surface area contributed by atoms with Gasteiger partial charge in [0.05, 0.1) is 52.7 Å². The van der Waals surface area contributed by atoms with Crippen LogP contribution in [0.3, 0.4) is 0 Å². The molecule has 0 aliphatic heterocycles. The molecule has 0 bridgehead atoms. The standard InChI is InChI=1S/C21H21N3O4.C18H14N2O4.C17H14O4.C9H10O2.C8H6O3.C3H9NO.CH4O.K.H2O/c1-13-10-15(6-7-19(13)25)18-12-17(23-21(27)24-18)14-4-3-5-16(11-14)20(26)22-8-9-28-2;1-10-7-12(5-6-16(10)21)15-9-14(19-18(24)20-15)11-3-2-4-13(8-11)17(22)23;1-11-9-13(6-8-15(11)18)16(19)7-5-12-3-2-4-14(10-12)17(20)21;1-6-5-8(7(2)10)3-4-9(6)11;9-5-6-2-1-3-7(4-6)8(10)11;1-5-3-2-4;1-2;;/h3-7,10-12,25H,8-9H2,1-2H3,(H,22,26)(H,23,24,27);2-9,21H,1H3,(H,22,23)(H,19,20,24);2-10,18H,1H3,(H,20,21);3-5,11H,1-2H3;1-5H,(H,10,11);2-4H2,1H3;2H,1H3;;1H2/q;;;;;;;+1;/p-1/b;;7-5+;;;;;;. The maximum absolute atomic E-state index is 12.2. The van der Waals surface area contributed by atoms with E-state index in [1.165, 1.54) is 67.6 Å². The zero-order chi connectivity index (χ0) is 75.6. The van der Waals surface area contributed by atoms with E-state index in [1.807, 2.05) is 0 Å². The van der Waals surface area contributed by atoms with Crippen molar-refractivity contribution in [1.29, 1.82) is 0 Å². The Balaban J connectivity index is 0.000000445. The fraction of sp³-hybridized carbons (Fsp3) is 0.156. The number of ether oxygens (including phenoxy) is 2. The number of H-pyrrole nitrogens is 2. The molecule has 10 aromatic rings. The van der Waals surface area contributed by atoms with Crippen LogP contribution < -0.4 is 73.8 Å². The summed E-state index contributed by atoms with van der Waals surface area (Å²) in [7, 11) is 4.20. The minimum Gasteiger partial charge on any atom is -0.870 e. The van der Waals surface area contributed by atoms with Gasteiger partial charge in [-0.25, -0.2) is 24.0 Å². The first-order valence-electron chi connectivity index (χ1n) is 30.8. The number of carboxylic acid groups (broad SMARTS) is 3. The number of phenols is 4. The molecule has 2 aromatic heterocycles. The molecule has 0 saturated carbocycles. The number of carbonyl (C=O) groups excluding carboxylic acids is 4. The van der Waals surface area contributed by atoms with Gasteiger partial charge in [-0.2, -0.15) is 9.97 Å². The van der Waals surface area contributed by atoms with Crippen molar-refractivity contribution in [2.45, 2.75) is 34.6 Å². The van der Waals surface area contributed by atoms with Crippen molar-refractivity contribution in [3.05, 3.63) is 276 Å². The predicted molar refractivity (Wildman–Crippen MR) is 388 cm³/mol. The number of ketones is 2. The van der Waals surface area contributed by atoms with E-state index < -0.39 is 29.3 Å². The predicted octanol–water partition coefficient (Wildman–Crippen LogP) is 7.73. The van der Waals surface area contributed by atoms with E-state index in [2.05, 4.69) is 30.0 Å². The number of nitrogens with two attached hydrogens (primary N) is 1. The van der Waals surface area contributed by atoms with Gasteiger partial charge in [0.1, 0.15) is 29.3 Å². The van der Waals surface area contributed by atoms with Gasteiger partial charge >= 0.3 is 80.7 Å². The average molecular weight is 1450 g/mol. The second-order valence-corrected chi connectivity index (χ2v) is 21.7. The normalized spacial score (nSPS) is 9.90. The number of aromatic hydroxyl groups is 4. The van der Waals surface area contributed by atoms with Crippen LogP contribution in [0.1, 0.15) is 107 Å². The van der Waals surface area contributed by atoms with E-state index >= 15 is 0 Å². The van der Waals surface area contributed by atoms with E-state index in [4.69, 9.17) is 36.0 Å². The molecule has 0 aliphatic carbocycles. The van der Waals surface area contributed by atoms with Crippen LogP contribution in [0.4, 0.5) is 0 Å². The molecule has 0 fully saturated rings. The molecule has 10 rings (SSSR count). The molecule has 104 heavy (non-hydrogen) atoms. The van der Waals surface area contributed by atoms with Crippen molar-refractivity contribution >= 4 is 47.7 Å². The molecule has 0 saturated heterocycles. The minimum atomic E-state index is -1.05. The fourth-order valence-corrected chi connectivity index (χ4v) is 8.76. The van der Waals surface area contributed by atoms with Gasteiger partial charge < -0.3 is 76.8 Å². The van der Waals surface area contributed by atoms with E-state index in [-0.39, 0.29) is 114 Å². The summed E-state index contributed by atoms with van der Waals surface area (Å²) in [6, 6.07) is 48.3. The maximum Gasteiger partial charge on any atom is 1.00 e. The summed E-state index contributed by atoms with van der Waals surface area (Å²) in [5, 5.41) is 74.1. The maximum atomic E-state index is 12.2. The first-order valence-corrected chi connectivity index (χ1v) is 30.8. The summed E-state index contributed by atoms with van der Waals surface area (Å²) in [6.07, 6.45) is 3.57. The number of carbonyl (C=O) groups is 7. The number of allylic oxidation sites excluding steroid dienone is 1. The smallest absolute Gasteiger partial charge is 0.870 e. The Morgan fingerprint density at radius 3 is 1.27 bits per heavy atom. The molecule has 8 aromatic carbocycles. The number of hydrogen-bond acceptors (Lipinski definition) is 20. The number of methoxy groups -OCH3 is 2. The van der Waals surface area contributed by atoms with Crippen LogP contribution in [0.2, 0.25) is 0 Å². The number of nitrogens with zero attached hydrogens (tertiary/aromatic N) is 2. The number of aliphatic hydroxyl groups is 1. The molecule has 27 heteroatoms. The fourth-order valence-electron chi connectivity index (χ4n) is 8.76. The van der Waals surface area contributed by atoms with Crippen LogP contribution in [-0.4, -0.2) is 156 Å².